The maximum atomic E-state index is 14.0. The molecule has 2 saturated carbocycles. The highest BCUT2D eigenvalue weighted by molar-refractivity contribution is 5.99. The number of piperazine rings is 1. The fourth-order valence-electron chi connectivity index (χ4n) is 8.21. The minimum Gasteiger partial charge on any atom is -0.483 e. The first-order valence-corrected chi connectivity index (χ1v) is 21.3. The first kappa shape index (κ1) is 42.7. The molecule has 0 spiro atoms. The number of hydrogen-bond donors (Lipinski definition) is 1. The second-order valence-electron chi connectivity index (χ2n) is 16.3. The second kappa shape index (κ2) is 20.1. The monoisotopic (exact) mass is 804 g/mol. The van der Waals surface area contributed by atoms with Crippen molar-refractivity contribution in [3.05, 3.63) is 35.5 Å². The number of carbonyl (C=O) groups is 6. The van der Waals surface area contributed by atoms with Crippen molar-refractivity contribution in [2.75, 3.05) is 59.6 Å². The van der Waals surface area contributed by atoms with Gasteiger partial charge < -0.3 is 39.1 Å². The summed E-state index contributed by atoms with van der Waals surface area (Å²) in [6.07, 6.45) is 9.86. The number of carbonyl (C=O) groups excluding carboxylic acids is 6. The fourth-order valence-corrected chi connectivity index (χ4v) is 8.21. The van der Waals surface area contributed by atoms with E-state index in [0.29, 0.717) is 43.0 Å². The van der Waals surface area contributed by atoms with Crippen molar-refractivity contribution in [3.63, 3.8) is 0 Å². The normalized spacial score (nSPS) is 19.1. The number of amides is 5. The van der Waals surface area contributed by atoms with E-state index in [1.54, 1.807) is 19.6 Å². The summed E-state index contributed by atoms with van der Waals surface area (Å²) >= 11 is 0. The zero-order chi connectivity index (χ0) is 41.2. The molecular formula is C43H60N6O9. The summed E-state index contributed by atoms with van der Waals surface area (Å²) in [4.78, 5) is 91.6. The van der Waals surface area contributed by atoms with Gasteiger partial charge in [0.15, 0.2) is 6.61 Å². The van der Waals surface area contributed by atoms with Crippen molar-refractivity contribution >= 4 is 46.6 Å². The van der Waals surface area contributed by atoms with Gasteiger partial charge in [-0.3, -0.25) is 24.0 Å². The maximum absolute atomic E-state index is 14.0. The van der Waals surface area contributed by atoms with Crippen molar-refractivity contribution in [2.24, 2.45) is 5.92 Å². The van der Waals surface area contributed by atoms with Crippen LogP contribution in [0.2, 0.25) is 0 Å². The van der Waals surface area contributed by atoms with Gasteiger partial charge in [0.1, 0.15) is 23.5 Å². The lowest BCUT2D eigenvalue weighted by atomic mass is 9.91. The highest BCUT2D eigenvalue weighted by atomic mass is 16.6. The minimum absolute atomic E-state index is 0.00352. The number of aryl methyl sites for hydroxylation is 1. The number of pyridine rings is 1. The second-order valence-corrected chi connectivity index (χ2v) is 16.3. The molecule has 2 saturated heterocycles. The number of aromatic nitrogens is 1. The average Bonchev–Trinajstić information content (AvgIpc) is 3.92. The van der Waals surface area contributed by atoms with Crippen LogP contribution in [0.15, 0.2) is 24.3 Å². The van der Waals surface area contributed by atoms with Gasteiger partial charge in [0.05, 0.1) is 18.7 Å². The number of hydrogen-bond acceptors (Lipinski definition) is 10. The molecule has 15 heteroatoms. The quantitative estimate of drug-likeness (QED) is 0.187. The third kappa shape index (κ3) is 10.8. The molecule has 0 radical (unpaired) electrons. The third-order valence-corrected chi connectivity index (χ3v) is 12.1. The maximum Gasteiger partial charge on any atom is 0.409 e. The van der Waals surface area contributed by atoms with Crippen LogP contribution >= 0.6 is 0 Å². The van der Waals surface area contributed by atoms with E-state index in [0.717, 1.165) is 69.8 Å². The SMILES string of the molecule is CCCCOC(=O)N1CCN(C(=O)[C@H](CCC(=O)OCC2CCCC2)NC(=O)c2cc(OCC(=O)N3CCC[C@H]3C(=O)N(C)C3CCC3)c3ccc(C)cc3n2)CC1. The van der Waals surface area contributed by atoms with Gasteiger partial charge in [-0.25, -0.2) is 9.78 Å². The number of benzene rings is 1. The Morgan fingerprint density at radius 3 is 2.34 bits per heavy atom. The number of unbranched alkanes of at least 4 members (excludes halogenated alkanes) is 1. The van der Waals surface area contributed by atoms with Crippen LogP contribution in [0.1, 0.15) is 106 Å². The number of nitrogens with zero attached hydrogens (tertiary/aromatic N) is 5. The lowest BCUT2D eigenvalue weighted by molar-refractivity contribution is -0.146. The number of likely N-dealkylation sites (tertiary alicyclic amines) is 1. The molecule has 1 aromatic carbocycles. The molecule has 2 aliphatic carbocycles. The van der Waals surface area contributed by atoms with E-state index >= 15 is 0 Å². The van der Waals surface area contributed by atoms with Gasteiger partial charge in [0.25, 0.3) is 11.8 Å². The molecular weight excluding hydrogens is 745 g/mol. The zero-order valence-electron chi connectivity index (χ0n) is 34.4. The zero-order valence-corrected chi connectivity index (χ0v) is 34.4. The summed E-state index contributed by atoms with van der Waals surface area (Å²) in [5, 5.41) is 3.43. The Morgan fingerprint density at radius 1 is 0.897 bits per heavy atom. The Hall–Kier alpha value is -4.95. The van der Waals surface area contributed by atoms with Crippen LogP contribution < -0.4 is 10.1 Å². The Morgan fingerprint density at radius 2 is 1.64 bits per heavy atom. The van der Waals surface area contributed by atoms with Crippen LogP contribution in [-0.2, 0) is 28.7 Å². The lowest BCUT2D eigenvalue weighted by Gasteiger charge is -2.37. The van der Waals surface area contributed by atoms with Crippen molar-refractivity contribution < 1.29 is 43.0 Å². The molecule has 316 valence electrons. The molecule has 2 aromatic rings. The topological polar surface area (TPSA) is 168 Å². The molecule has 0 bridgehead atoms. The molecule has 0 unspecified atom stereocenters. The van der Waals surface area contributed by atoms with Gasteiger partial charge in [0.2, 0.25) is 11.8 Å². The van der Waals surface area contributed by atoms with Crippen molar-refractivity contribution in [1.82, 2.24) is 29.9 Å². The Bertz CT molecular complexity index is 1800. The number of esters is 1. The number of ether oxygens (including phenoxy) is 3. The van der Waals surface area contributed by atoms with Crippen LogP contribution in [0.25, 0.3) is 10.9 Å². The molecule has 6 rings (SSSR count). The molecule has 4 fully saturated rings. The number of fused-ring (bicyclic) bond motifs is 1. The van der Waals surface area contributed by atoms with E-state index in [2.05, 4.69) is 10.3 Å². The third-order valence-electron chi connectivity index (χ3n) is 12.1. The minimum atomic E-state index is -1.08. The molecule has 1 aromatic heterocycles. The Balaban J connectivity index is 1.14. The molecule has 2 aliphatic heterocycles. The summed E-state index contributed by atoms with van der Waals surface area (Å²) in [6.45, 7) is 5.73. The number of likely N-dealkylation sites (N-methyl/N-ethyl adjacent to an activating group) is 1. The van der Waals surface area contributed by atoms with Gasteiger partial charge in [-0.15, -0.1) is 0 Å². The fraction of sp³-hybridized carbons (Fsp3) is 0.651. The molecule has 3 heterocycles. The van der Waals surface area contributed by atoms with Crippen LogP contribution in [0, 0.1) is 12.8 Å². The van der Waals surface area contributed by atoms with Crippen LogP contribution in [-0.4, -0.2) is 138 Å². The Kier molecular flexibility index (Phi) is 14.8. The largest absolute Gasteiger partial charge is 0.483 e. The van der Waals surface area contributed by atoms with Crippen molar-refractivity contribution in [3.8, 4) is 5.75 Å². The van der Waals surface area contributed by atoms with E-state index in [1.165, 1.54) is 6.07 Å². The standard InChI is InChI=1S/C43H60N6O9/c1-4-5-24-56-43(55)48-22-20-47(21-23-48)41(53)33(17-18-39(51)58-27-30-10-6-7-11-30)45-40(52)35-26-37(32-16-15-29(2)25-34(32)44-35)57-28-38(50)49-19-9-14-36(49)42(54)46(3)31-12-8-13-31/h15-16,25-26,30-31,33,36H,4-14,17-24,27-28H2,1-3H3,(H,45,52)/t33-,36-/m0/s1. The molecule has 5 amide bonds. The van der Waals surface area contributed by atoms with Crippen LogP contribution in [0.3, 0.4) is 0 Å². The smallest absolute Gasteiger partial charge is 0.409 e. The summed E-state index contributed by atoms with van der Waals surface area (Å²) in [5.74, 6) is -1.23. The molecule has 15 nitrogen and oxygen atoms in total. The van der Waals surface area contributed by atoms with Crippen molar-refractivity contribution in [1.29, 1.82) is 0 Å². The predicted molar refractivity (Wildman–Crippen MR) is 215 cm³/mol. The van der Waals surface area contributed by atoms with Gasteiger partial charge in [0, 0.05) is 63.7 Å². The number of nitrogens with one attached hydrogen (secondary N) is 1. The Labute approximate surface area is 341 Å². The van der Waals surface area contributed by atoms with Crippen LogP contribution in [0.5, 0.6) is 5.75 Å². The van der Waals surface area contributed by atoms with Gasteiger partial charge >= 0.3 is 12.1 Å². The molecule has 2 atom stereocenters. The first-order valence-electron chi connectivity index (χ1n) is 21.3. The average molecular weight is 805 g/mol. The van der Waals surface area contributed by atoms with E-state index in [1.807, 2.05) is 39.1 Å². The molecule has 58 heavy (non-hydrogen) atoms. The van der Waals surface area contributed by atoms with Crippen molar-refractivity contribution in [2.45, 2.75) is 115 Å². The van der Waals surface area contributed by atoms with E-state index in [4.69, 9.17) is 14.2 Å². The summed E-state index contributed by atoms with van der Waals surface area (Å²) in [6, 6.07) is 5.57. The summed E-state index contributed by atoms with van der Waals surface area (Å²) < 4.78 is 17.1. The highest BCUT2D eigenvalue weighted by Gasteiger charge is 2.39. The van der Waals surface area contributed by atoms with Crippen LogP contribution in [0.4, 0.5) is 4.79 Å². The predicted octanol–water partition coefficient (Wildman–Crippen LogP) is 4.62. The lowest BCUT2D eigenvalue weighted by Crippen LogP contribution is -2.56. The molecule has 1 N–H and O–H groups in total. The van der Waals surface area contributed by atoms with Gasteiger partial charge in [-0.05, 0) is 88.3 Å². The van der Waals surface area contributed by atoms with Gasteiger partial charge in [-0.1, -0.05) is 32.3 Å². The molecule has 4 aliphatic rings. The van der Waals surface area contributed by atoms with E-state index in [-0.39, 0.29) is 80.8 Å². The highest BCUT2D eigenvalue weighted by Crippen LogP contribution is 2.30. The summed E-state index contributed by atoms with van der Waals surface area (Å²) in [7, 11) is 1.82. The number of rotatable bonds is 16. The van der Waals surface area contributed by atoms with E-state index in [9.17, 15) is 28.8 Å². The first-order chi connectivity index (χ1) is 28.0. The summed E-state index contributed by atoms with van der Waals surface area (Å²) in [5.41, 5.74) is 1.33. The van der Waals surface area contributed by atoms with Gasteiger partial charge in [-0.2, -0.15) is 0 Å². The van der Waals surface area contributed by atoms with E-state index < -0.39 is 30.1 Å².